The third-order valence-corrected chi connectivity index (χ3v) is 7.85. The van der Waals surface area contributed by atoms with Crippen LogP contribution in [0.4, 0.5) is 0 Å². The summed E-state index contributed by atoms with van der Waals surface area (Å²) in [4.78, 5) is 9.57. The molecule has 8 nitrogen and oxygen atoms in total. The third kappa shape index (κ3) is 8.32. The van der Waals surface area contributed by atoms with Gasteiger partial charge in [-0.3, -0.25) is 4.99 Å². The predicted octanol–water partition coefficient (Wildman–Crippen LogP) is 1.45. The Morgan fingerprint density at radius 2 is 1.77 bits per heavy atom. The number of likely N-dealkylation sites (tertiary alicyclic amines) is 1. The van der Waals surface area contributed by atoms with Crippen molar-refractivity contribution in [1.82, 2.24) is 19.4 Å². The Labute approximate surface area is 184 Å². The fourth-order valence-corrected chi connectivity index (χ4v) is 5.35. The predicted molar refractivity (Wildman–Crippen MR) is 123 cm³/mol. The van der Waals surface area contributed by atoms with Gasteiger partial charge in [0.2, 0.25) is 10.0 Å². The summed E-state index contributed by atoms with van der Waals surface area (Å²) in [6.07, 6.45) is 3.74. The van der Waals surface area contributed by atoms with Gasteiger partial charge < -0.3 is 19.9 Å². The molecule has 2 heterocycles. The van der Waals surface area contributed by atoms with E-state index in [0.717, 1.165) is 37.9 Å². The maximum absolute atomic E-state index is 12.5. The first-order chi connectivity index (χ1) is 14.4. The molecule has 0 spiro atoms. The molecule has 2 fully saturated rings. The molecule has 0 saturated carbocycles. The molecule has 0 aliphatic carbocycles. The van der Waals surface area contributed by atoms with Crippen molar-refractivity contribution in [3.63, 3.8) is 0 Å². The summed E-state index contributed by atoms with van der Waals surface area (Å²) < 4.78 is 32.1. The molecule has 0 aromatic heterocycles. The highest BCUT2D eigenvalue weighted by molar-refractivity contribution is 7.89. The molecular weight excluding hydrogens is 402 g/mol. The van der Waals surface area contributed by atoms with Crippen LogP contribution in [0.25, 0.3) is 0 Å². The van der Waals surface area contributed by atoms with Crippen LogP contribution in [0.15, 0.2) is 4.99 Å². The van der Waals surface area contributed by atoms with E-state index in [1.165, 1.54) is 25.9 Å². The summed E-state index contributed by atoms with van der Waals surface area (Å²) >= 11 is 0. The van der Waals surface area contributed by atoms with Gasteiger partial charge in [0.15, 0.2) is 5.96 Å². The van der Waals surface area contributed by atoms with E-state index in [-0.39, 0.29) is 18.5 Å². The average Bonchev–Trinajstić information content (AvgIpc) is 2.73. The fourth-order valence-electron chi connectivity index (χ4n) is 4.07. The number of nitrogens with one attached hydrogen (secondary N) is 1. The molecule has 2 rings (SSSR count). The zero-order valence-corrected chi connectivity index (χ0v) is 20.3. The van der Waals surface area contributed by atoms with Crippen LogP contribution in [0.1, 0.15) is 47.0 Å². The van der Waals surface area contributed by atoms with Gasteiger partial charge in [-0.2, -0.15) is 4.31 Å². The second-order valence-corrected chi connectivity index (χ2v) is 10.6. The minimum Gasteiger partial charge on any atom is -0.378 e. The van der Waals surface area contributed by atoms with Crippen molar-refractivity contribution < 1.29 is 13.2 Å². The monoisotopic (exact) mass is 445 g/mol. The van der Waals surface area contributed by atoms with E-state index < -0.39 is 10.0 Å². The molecule has 0 unspecified atom stereocenters. The van der Waals surface area contributed by atoms with E-state index in [9.17, 15) is 8.42 Å². The standard InChI is InChI=1S/C21H43N5O3S/c1-5-22-21(23-10-7-20-8-11-24(6-2)12-9-20)25-13-15-26(16-14-25)30(27,28)18-17-29-19(3)4/h19-20H,5-18H2,1-4H3,(H,22,23). The number of hydrogen-bond donors (Lipinski definition) is 1. The Kier molecular flexibility index (Phi) is 10.8. The lowest BCUT2D eigenvalue weighted by Gasteiger charge is -2.36. The van der Waals surface area contributed by atoms with Crippen LogP contribution in [0.3, 0.4) is 0 Å². The number of nitrogens with zero attached hydrogens (tertiary/aromatic N) is 4. The van der Waals surface area contributed by atoms with E-state index in [2.05, 4.69) is 29.0 Å². The van der Waals surface area contributed by atoms with Crippen molar-refractivity contribution in [3.05, 3.63) is 0 Å². The van der Waals surface area contributed by atoms with Gasteiger partial charge in [0.25, 0.3) is 0 Å². The van der Waals surface area contributed by atoms with E-state index in [1.807, 2.05) is 13.8 Å². The molecule has 2 aliphatic heterocycles. The number of hydrogen-bond acceptors (Lipinski definition) is 5. The van der Waals surface area contributed by atoms with Gasteiger partial charge >= 0.3 is 0 Å². The summed E-state index contributed by atoms with van der Waals surface area (Å²) in [5, 5.41) is 3.39. The van der Waals surface area contributed by atoms with Crippen molar-refractivity contribution in [3.8, 4) is 0 Å². The highest BCUT2D eigenvalue weighted by Crippen LogP contribution is 2.20. The van der Waals surface area contributed by atoms with E-state index in [1.54, 1.807) is 4.31 Å². The van der Waals surface area contributed by atoms with Gasteiger partial charge in [0.1, 0.15) is 0 Å². The Hall–Kier alpha value is -0.900. The van der Waals surface area contributed by atoms with Crippen LogP contribution in [0, 0.1) is 5.92 Å². The molecular formula is C21H43N5O3S. The number of aliphatic imine (C=N–C) groups is 1. The van der Waals surface area contributed by atoms with Crippen molar-refractivity contribution >= 4 is 16.0 Å². The highest BCUT2D eigenvalue weighted by atomic mass is 32.2. The first-order valence-corrected chi connectivity index (χ1v) is 13.3. The molecule has 0 aromatic carbocycles. The number of guanidine groups is 1. The van der Waals surface area contributed by atoms with E-state index in [0.29, 0.717) is 26.2 Å². The number of sulfonamides is 1. The van der Waals surface area contributed by atoms with E-state index in [4.69, 9.17) is 9.73 Å². The maximum Gasteiger partial charge on any atom is 0.216 e. The largest absolute Gasteiger partial charge is 0.378 e. The van der Waals surface area contributed by atoms with Gasteiger partial charge in [0.05, 0.1) is 18.5 Å². The van der Waals surface area contributed by atoms with Gasteiger partial charge in [0, 0.05) is 39.3 Å². The smallest absolute Gasteiger partial charge is 0.216 e. The zero-order chi connectivity index (χ0) is 22.0. The molecule has 2 aliphatic rings. The summed E-state index contributed by atoms with van der Waals surface area (Å²) in [7, 11) is -3.26. The van der Waals surface area contributed by atoms with Crippen LogP contribution < -0.4 is 5.32 Å². The van der Waals surface area contributed by atoms with Crippen LogP contribution >= 0.6 is 0 Å². The van der Waals surface area contributed by atoms with Crippen molar-refractivity contribution in [2.45, 2.75) is 53.1 Å². The van der Waals surface area contributed by atoms with Crippen LogP contribution in [-0.4, -0.2) is 106 Å². The Morgan fingerprint density at radius 3 is 2.33 bits per heavy atom. The minimum absolute atomic E-state index is 0.0510. The molecule has 2 saturated heterocycles. The molecule has 1 N–H and O–H groups in total. The third-order valence-electron chi connectivity index (χ3n) is 6.01. The molecule has 0 radical (unpaired) electrons. The summed E-state index contributed by atoms with van der Waals surface area (Å²) in [6.45, 7) is 16.0. The van der Waals surface area contributed by atoms with Gasteiger partial charge in [-0.1, -0.05) is 6.92 Å². The van der Waals surface area contributed by atoms with Crippen LogP contribution in [-0.2, 0) is 14.8 Å². The first-order valence-electron chi connectivity index (χ1n) is 11.7. The summed E-state index contributed by atoms with van der Waals surface area (Å²) in [5.41, 5.74) is 0. The van der Waals surface area contributed by atoms with Gasteiger partial charge in [-0.05, 0) is 65.6 Å². The lowest BCUT2D eigenvalue weighted by Crippen LogP contribution is -2.54. The topological polar surface area (TPSA) is 77.5 Å². The number of piperidine rings is 1. The lowest BCUT2D eigenvalue weighted by atomic mass is 9.94. The number of piperazine rings is 1. The Balaban J connectivity index is 1.79. The molecule has 30 heavy (non-hydrogen) atoms. The minimum atomic E-state index is -3.26. The second kappa shape index (κ2) is 12.8. The molecule has 0 bridgehead atoms. The van der Waals surface area contributed by atoms with Gasteiger partial charge in [-0.15, -0.1) is 0 Å². The van der Waals surface area contributed by atoms with Crippen molar-refractivity contribution in [2.75, 3.05) is 71.3 Å². The molecule has 0 atom stereocenters. The quantitative estimate of drug-likeness (QED) is 0.405. The second-order valence-electron chi connectivity index (χ2n) is 8.52. The SMILES string of the molecule is CCNC(=NCCC1CCN(CC)CC1)N1CCN(S(=O)(=O)CCOC(C)C)CC1. The summed E-state index contributed by atoms with van der Waals surface area (Å²) in [6, 6.07) is 0. The average molecular weight is 446 g/mol. The number of rotatable bonds is 10. The van der Waals surface area contributed by atoms with E-state index >= 15 is 0 Å². The van der Waals surface area contributed by atoms with Crippen molar-refractivity contribution in [1.29, 1.82) is 0 Å². The lowest BCUT2D eigenvalue weighted by molar-refractivity contribution is 0.0904. The fraction of sp³-hybridized carbons (Fsp3) is 0.952. The molecule has 9 heteroatoms. The Morgan fingerprint density at radius 1 is 1.10 bits per heavy atom. The molecule has 0 amide bonds. The van der Waals surface area contributed by atoms with Crippen LogP contribution in [0.5, 0.6) is 0 Å². The number of ether oxygens (including phenoxy) is 1. The normalized spacial score (nSPS) is 20.8. The van der Waals surface area contributed by atoms with Gasteiger partial charge in [-0.25, -0.2) is 8.42 Å². The summed E-state index contributed by atoms with van der Waals surface area (Å²) in [5.74, 6) is 1.74. The molecule has 0 aromatic rings. The zero-order valence-electron chi connectivity index (χ0n) is 19.5. The maximum atomic E-state index is 12.5. The van der Waals surface area contributed by atoms with Crippen molar-refractivity contribution in [2.24, 2.45) is 10.9 Å². The molecule has 176 valence electrons. The highest BCUT2D eigenvalue weighted by Gasteiger charge is 2.28. The van der Waals surface area contributed by atoms with Crippen LogP contribution in [0.2, 0.25) is 0 Å². The Bertz CT molecular complexity index is 610. The first kappa shape index (κ1) is 25.4.